The molecule has 0 aromatic heterocycles. The van der Waals surface area contributed by atoms with Gasteiger partial charge in [-0.15, -0.1) is 0 Å². The van der Waals surface area contributed by atoms with Crippen molar-refractivity contribution in [2.45, 2.75) is 6.42 Å². The summed E-state index contributed by atoms with van der Waals surface area (Å²) in [6.45, 7) is 0.890. The second-order valence-electron chi connectivity index (χ2n) is 3.07. The van der Waals surface area contributed by atoms with E-state index in [0.29, 0.717) is 5.56 Å². The van der Waals surface area contributed by atoms with Gasteiger partial charge in [0.1, 0.15) is 0 Å². The summed E-state index contributed by atoms with van der Waals surface area (Å²) < 4.78 is 4.61. The Labute approximate surface area is 95.2 Å². The van der Waals surface area contributed by atoms with Crippen molar-refractivity contribution >= 4 is 24.3 Å². The highest BCUT2D eigenvalue weighted by atomic mass is 32.1. The highest BCUT2D eigenvalue weighted by molar-refractivity contribution is 7.80. The van der Waals surface area contributed by atoms with E-state index in [0.717, 1.165) is 24.4 Å². The van der Waals surface area contributed by atoms with Crippen LogP contribution in [0.5, 0.6) is 0 Å². The highest BCUT2D eigenvalue weighted by Crippen LogP contribution is 2.10. The molecule has 0 unspecified atom stereocenters. The van der Waals surface area contributed by atoms with Crippen LogP contribution in [0.15, 0.2) is 24.3 Å². The van der Waals surface area contributed by atoms with Crippen molar-refractivity contribution in [3.63, 3.8) is 0 Å². The molecule has 15 heavy (non-hydrogen) atoms. The van der Waals surface area contributed by atoms with Gasteiger partial charge in [0.15, 0.2) is 0 Å². The summed E-state index contributed by atoms with van der Waals surface area (Å²) in [4.78, 5) is 11.1. The molecule has 0 heterocycles. The number of methoxy groups -OCH3 is 1. The van der Waals surface area contributed by atoms with E-state index in [1.807, 2.05) is 12.1 Å². The number of esters is 1. The van der Waals surface area contributed by atoms with Crippen LogP contribution in [-0.4, -0.2) is 25.4 Å². The number of thiol groups is 1. The van der Waals surface area contributed by atoms with Gasteiger partial charge in [-0.05, 0) is 36.4 Å². The molecule has 0 spiro atoms. The Kier molecular flexibility index (Phi) is 5.04. The molecule has 1 aromatic carbocycles. The van der Waals surface area contributed by atoms with E-state index < -0.39 is 0 Å². The van der Waals surface area contributed by atoms with Gasteiger partial charge in [-0.1, -0.05) is 0 Å². The number of hydrogen-bond donors (Lipinski definition) is 2. The van der Waals surface area contributed by atoms with Crippen LogP contribution in [0.1, 0.15) is 16.8 Å². The van der Waals surface area contributed by atoms with Crippen LogP contribution in [0.4, 0.5) is 5.69 Å². The number of nitrogens with one attached hydrogen (secondary N) is 1. The topological polar surface area (TPSA) is 38.3 Å². The van der Waals surface area contributed by atoms with Crippen molar-refractivity contribution in [2.24, 2.45) is 0 Å². The molecule has 0 radical (unpaired) electrons. The maximum atomic E-state index is 11.1. The van der Waals surface area contributed by atoms with E-state index in [2.05, 4.69) is 22.7 Å². The first kappa shape index (κ1) is 11.9. The quantitative estimate of drug-likeness (QED) is 0.458. The smallest absolute Gasteiger partial charge is 0.337 e. The standard InChI is InChI=1S/C11H15NO2S/c1-14-11(13)9-3-5-10(6-4-9)12-7-2-8-15/h3-6,12,15H,2,7-8H2,1H3. The van der Waals surface area contributed by atoms with Crippen LogP contribution in [0.25, 0.3) is 0 Å². The molecule has 0 aliphatic carbocycles. The lowest BCUT2D eigenvalue weighted by Crippen LogP contribution is -2.04. The fourth-order valence-corrected chi connectivity index (χ4v) is 1.31. The number of benzene rings is 1. The molecule has 1 N–H and O–H groups in total. The van der Waals surface area contributed by atoms with Gasteiger partial charge in [-0.3, -0.25) is 0 Å². The van der Waals surface area contributed by atoms with Gasteiger partial charge >= 0.3 is 5.97 Å². The second kappa shape index (κ2) is 6.35. The molecule has 4 heteroatoms. The third-order valence-corrected chi connectivity index (χ3v) is 2.29. The maximum absolute atomic E-state index is 11.1. The first-order valence-corrected chi connectivity index (χ1v) is 5.44. The first-order chi connectivity index (χ1) is 7.27. The summed E-state index contributed by atoms with van der Waals surface area (Å²) >= 11 is 4.12. The van der Waals surface area contributed by atoms with Gasteiger partial charge in [-0.2, -0.15) is 12.6 Å². The van der Waals surface area contributed by atoms with E-state index in [1.54, 1.807) is 12.1 Å². The third-order valence-electron chi connectivity index (χ3n) is 1.97. The number of hydrogen-bond acceptors (Lipinski definition) is 4. The minimum absolute atomic E-state index is 0.308. The fraction of sp³-hybridized carbons (Fsp3) is 0.364. The van der Waals surface area contributed by atoms with Crippen LogP contribution in [-0.2, 0) is 4.74 Å². The Balaban J connectivity index is 2.52. The predicted octanol–water partition coefficient (Wildman–Crippen LogP) is 2.21. The molecule has 0 aliphatic rings. The van der Waals surface area contributed by atoms with Crippen molar-refractivity contribution in [1.29, 1.82) is 0 Å². The molecular weight excluding hydrogens is 210 g/mol. The van der Waals surface area contributed by atoms with Gasteiger partial charge in [0, 0.05) is 12.2 Å². The minimum atomic E-state index is -0.308. The summed E-state index contributed by atoms with van der Waals surface area (Å²) in [6, 6.07) is 7.22. The molecule has 0 atom stereocenters. The Morgan fingerprint density at radius 3 is 2.60 bits per heavy atom. The molecule has 0 saturated carbocycles. The van der Waals surface area contributed by atoms with Gasteiger partial charge in [-0.25, -0.2) is 4.79 Å². The Bertz CT molecular complexity index is 311. The molecule has 0 fully saturated rings. The summed E-state index contributed by atoms with van der Waals surface area (Å²) in [5.74, 6) is 0.560. The summed E-state index contributed by atoms with van der Waals surface area (Å²) in [7, 11) is 1.38. The Morgan fingerprint density at radius 1 is 1.40 bits per heavy atom. The monoisotopic (exact) mass is 225 g/mol. The van der Waals surface area contributed by atoms with E-state index in [-0.39, 0.29) is 5.97 Å². The fourth-order valence-electron chi connectivity index (χ4n) is 1.15. The second-order valence-corrected chi connectivity index (χ2v) is 3.52. The van der Waals surface area contributed by atoms with Crippen LogP contribution in [0.3, 0.4) is 0 Å². The lowest BCUT2D eigenvalue weighted by atomic mass is 10.2. The molecule has 1 aromatic rings. The zero-order valence-electron chi connectivity index (χ0n) is 8.69. The van der Waals surface area contributed by atoms with Gasteiger partial charge in [0.05, 0.1) is 12.7 Å². The van der Waals surface area contributed by atoms with Crippen LogP contribution in [0.2, 0.25) is 0 Å². The van der Waals surface area contributed by atoms with Crippen molar-refractivity contribution in [3.8, 4) is 0 Å². The first-order valence-electron chi connectivity index (χ1n) is 4.81. The van der Waals surface area contributed by atoms with Crippen molar-refractivity contribution < 1.29 is 9.53 Å². The summed E-state index contributed by atoms with van der Waals surface area (Å²) in [6.07, 6.45) is 1.02. The van der Waals surface area contributed by atoms with E-state index in [4.69, 9.17) is 0 Å². The minimum Gasteiger partial charge on any atom is -0.465 e. The molecule has 0 amide bonds. The van der Waals surface area contributed by atoms with Crippen LogP contribution < -0.4 is 5.32 Å². The molecule has 0 saturated heterocycles. The largest absolute Gasteiger partial charge is 0.465 e. The third kappa shape index (κ3) is 3.83. The normalized spacial score (nSPS) is 9.73. The van der Waals surface area contributed by atoms with Crippen molar-refractivity contribution in [1.82, 2.24) is 0 Å². The Hall–Kier alpha value is -1.16. The molecule has 1 rings (SSSR count). The number of carbonyl (C=O) groups is 1. The molecule has 3 nitrogen and oxygen atoms in total. The molecular formula is C11H15NO2S. The highest BCUT2D eigenvalue weighted by Gasteiger charge is 2.03. The molecule has 0 aliphatic heterocycles. The lowest BCUT2D eigenvalue weighted by molar-refractivity contribution is 0.0601. The van der Waals surface area contributed by atoms with Crippen molar-refractivity contribution in [3.05, 3.63) is 29.8 Å². The lowest BCUT2D eigenvalue weighted by Gasteiger charge is -2.05. The maximum Gasteiger partial charge on any atom is 0.337 e. The van der Waals surface area contributed by atoms with E-state index in [1.165, 1.54) is 7.11 Å². The summed E-state index contributed by atoms with van der Waals surface area (Å²) in [5.41, 5.74) is 1.57. The Morgan fingerprint density at radius 2 is 2.07 bits per heavy atom. The van der Waals surface area contributed by atoms with Gasteiger partial charge in [0.25, 0.3) is 0 Å². The van der Waals surface area contributed by atoms with Crippen LogP contribution >= 0.6 is 12.6 Å². The number of ether oxygens (including phenoxy) is 1. The molecule has 0 bridgehead atoms. The van der Waals surface area contributed by atoms with Gasteiger partial charge < -0.3 is 10.1 Å². The van der Waals surface area contributed by atoms with Gasteiger partial charge in [0.2, 0.25) is 0 Å². The SMILES string of the molecule is COC(=O)c1ccc(NCCCS)cc1. The summed E-state index contributed by atoms with van der Waals surface area (Å²) in [5, 5.41) is 3.23. The molecule has 82 valence electrons. The van der Waals surface area contributed by atoms with Crippen molar-refractivity contribution in [2.75, 3.05) is 24.7 Å². The van der Waals surface area contributed by atoms with E-state index >= 15 is 0 Å². The van der Waals surface area contributed by atoms with E-state index in [9.17, 15) is 4.79 Å². The zero-order valence-corrected chi connectivity index (χ0v) is 9.59. The average Bonchev–Trinajstić information content (AvgIpc) is 2.29. The van der Waals surface area contributed by atoms with Crippen LogP contribution in [0, 0.1) is 0 Å². The predicted molar refractivity (Wildman–Crippen MR) is 64.7 cm³/mol. The zero-order chi connectivity index (χ0) is 11.1. The number of anilines is 1. The average molecular weight is 225 g/mol. The number of rotatable bonds is 5. The number of carbonyl (C=O) groups excluding carboxylic acids is 1.